The van der Waals surface area contributed by atoms with Gasteiger partial charge in [-0.15, -0.1) is 0 Å². The molecule has 6 heteroatoms. The highest BCUT2D eigenvalue weighted by Gasteiger charge is 2.21. The van der Waals surface area contributed by atoms with Gasteiger partial charge in [-0.1, -0.05) is 24.6 Å². The number of methoxy groups -OCH3 is 1. The van der Waals surface area contributed by atoms with Crippen molar-refractivity contribution in [3.05, 3.63) is 65.4 Å². The largest absolute Gasteiger partial charge is 0.497 e. The Balaban J connectivity index is 2.02. The third-order valence-electron chi connectivity index (χ3n) is 4.88. The molecule has 1 heterocycles. The molecule has 158 valence electrons. The lowest BCUT2D eigenvalue weighted by atomic mass is 10.1. The van der Waals surface area contributed by atoms with E-state index < -0.39 is 0 Å². The smallest absolute Gasteiger partial charge is 0.226 e. The van der Waals surface area contributed by atoms with E-state index in [0.29, 0.717) is 25.3 Å². The number of amides is 1. The van der Waals surface area contributed by atoms with Crippen LogP contribution in [-0.4, -0.2) is 29.3 Å². The summed E-state index contributed by atoms with van der Waals surface area (Å²) < 4.78 is 13.4. The van der Waals surface area contributed by atoms with E-state index in [-0.39, 0.29) is 5.91 Å². The normalized spacial score (nSPS) is 10.7. The van der Waals surface area contributed by atoms with E-state index in [0.717, 1.165) is 40.4 Å². The summed E-state index contributed by atoms with van der Waals surface area (Å²) in [6.07, 6.45) is 1.70. The van der Waals surface area contributed by atoms with Crippen molar-refractivity contribution in [2.45, 2.75) is 40.0 Å². The zero-order valence-corrected chi connectivity index (χ0v) is 18.1. The van der Waals surface area contributed by atoms with E-state index in [4.69, 9.17) is 14.6 Å². The molecule has 3 aromatic rings. The zero-order chi connectivity index (χ0) is 21.5. The quantitative estimate of drug-likeness (QED) is 0.562. The van der Waals surface area contributed by atoms with Gasteiger partial charge in [-0.05, 0) is 63.1 Å². The minimum Gasteiger partial charge on any atom is -0.497 e. The molecule has 0 fully saturated rings. The second-order valence-corrected chi connectivity index (χ2v) is 7.06. The van der Waals surface area contributed by atoms with Gasteiger partial charge in [0.05, 0.1) is 18.5 Å². The van der Waals surface area contributed by atoms with Crippen LogP contribution in [0.25, 0.3) is 5.69 Å². The maximum Gasteiger partial charge on any atom is 0.226 e. The Labute approximate surface area is 177 Å². The summed E-state index contributed by atoms with van der Waals surface area (Å²) in [5.41, 5.74) is 3.92. The average Bonchev–Trinajstić information content (AvgIpc) is 3.11. The monoisotopic (exact) mass is 407 g/mol. The van der Waals surface area contributed by atoms with Crippen LogP contribution in [0.5, 0.6) is 17.4 Å². The highest BCUT2D eigenvalue weighted by molar-refractivity contribution is 5.76. The number of aromatic nitrogens is 2. The Morgan fingerprint density at radius 3 is 2.30 bits per heavy atom. The first-order chi connectivity index (χ1) is 14.5. The predicted molar refractivity (Wildman–Crippen MR) is 118 cm³/mol. The first-order valence-corrected chi connectivity index (χ1v) is 10.3. The van der Waals surface area contributed by atoms with Gasteiger partial charge in [0, 0.05) is 18.5 Å². The molecule has 0 aliphatic heterocycles. The zero-order valence-electron chi connectivity index (χ0n) is 18.1. The van der Waals surface area contributed by atoms with E-state index in [9.17, 15) is 4.79 Å². The standard InChI is InChI=1S/C24H29N3O3/c1-5-22-21(15-16-23(28)25-6-2)24(30-20-11-7-17(3)8-12-20)27(26-22)18-9-13-19(29-4)14-10-18/h7-14H,5-6,15-16H2,1-4H3,(H,25,28). The van der Waals surface area contributed by atoms with Gasteiger partial charge in [-0.25, -0.2) is 4.68 Å². The number of hydrogen-bond acceptors (Lipinski definition) is 4. The van der Waals surface area contributed by atoms with Crippen molar-refractivity contribution in [1.82, 2.24) is 15.1 Å². The fourth-order valence-electron chi connectivity index (χ4n) is 3.26. The van der Waals surface area contributed by atoms with Crippen LogP contribution in [0.15, 0.2) is 48.5 Å². The first-order valence-electron chi connectivity index (χ1n) is 10.3. The number of carbonyl (C=O) groups excluding carboxylic acids is 1. The van der Waals surface area contributed by atoms with Crippen molar-refractivity contribution >= 4 is 5.91 Å². The Morgan fingerprint density at radius 2 is 1.70 bits per heavy atom. The Kier molecular flexibility index (Phi) is 7.12. The van der Waals surface area contributed by atoms with Crippen LogP contribution in [0.3, 0.4) is 0 Å². The molecule has 0 aliphatic carbocycles. The van der Waals surface area contributed by atoms with Crippen LogP contribution < -0.4 is 14.8 Å². The number of nitrogens with zero attached hydrogens (tertiary/aromatic N) is 2. The number of benzene rings is 2. The number of rotatable bonds is 9. The van der Waals surface area contributed by atoms with Crippen molar-refractivity contribution in [1.29, 1.82) is 0 Å². The number of hydrogen-bond donors (Lipinski definition) is 1. The summed E-state index contributed by atoms with van der Waals surface area (Å²) in [7, 11) is 1.64. The molecule has 0 bridgehead atoms. The molecule has 30 heavy (non-hydrogen) atoms. The second-order valence-electron chi connectivity index (χ2n) is 7.06. The summed E-state index contributed by atoms with van der Waals surface area (Å²) in [6.45, 7) is 6.64. The van der Waals surface area contributed by atoms with E-state index in [1.807, 2.05) is 67.1 Å². The van der Waals surface area contributed by atoms with Crippen LogP contribution in [-0.2, 0) is 17.6 Å². The van der Waals surface area contributed by atoms with Crippen molar-refractivity contribution in [2.75, 3.05) is 13.7 Å². The van der Waals surface area contributed by atoms with Crippen LogP contribution in [0.2, 0.25) is 0 Å². The lowest BCUT2D eigenvalue weighted by Gasteiger charge is -2.12. The molecule has 0 atom stereocenters. The van der Waals surface area contributed by atoms with Crippen LogP contribution in [0, 0.1) is 6.92 Å². The molecule has 1 N–H and O–H groups in total. The minimum atomic E-state index is 0.0260. The molecule has 0 aliphatic rings. The summed E-state index contributed by atoms with van der Waals surface area (Å²) in [6, 6.07) is 15.6. The Morgan fingerprint density at radius 1 is 1.03 bits per heavy atom. The fraction of sp³-hybridized carbons (Fsp3) is 0.333. The molecule has 0 radical (unpaired) electrons. The maximum atomic E-state index is 12.1. The van der Waals surface area contributed by atoms with Gasteiger partial charge in [0.25, 0.3) is 0 Å². The second kappa shape index (κ2) is 9.96. The van der Waals surface area contributed by atoms with Gasteiger partial charge in [0.15, 0.2) is 0 Å². The molecular formula is C24H29N3O3. The number of ether oxygens (including phenoxy) is 2. The molecule has 0 unspecified atom stereocenters. The van der Waals surface area contributed by atoms with Crippen LogP contribution in [0.4, 0.5) is 0 Å². The highest BCUT2D eigenvalue weighted by atomic mass is 16.5. The SMILES string of the molecule is CCNC(=O)CCc1c(CC)nn(-c2ccc(OC)cc2)c1Oc1ccc(C)cc1. The predicted octanol–water partition coefficient (Wildman–Crippen LogP) is 4.61. The Bertz CT molecular complexity index is 976. The maximum absolute atomic E-state index is 12.1. The van der Waals surface area contributed by atoms with E-state index in [1.54, 1.807) is 7.11 Å². The highest BCUT2D eigenvalue weighted by Crippen LogP contribution is 2.32. The first kappa shape index (κ1) is 21.4. The van der Waals surface area contributed by atoms with Gasteiger partial charge in [-0.2, -0.15) is 5.10 Å². The van der Waals surface area contributed by atoms with Gasteiger partial charge in [-0.3, -0.25) is 4.79 Å². The third-order valence-corrected chi connectivity index (χ3v) is 4.88. The summed E-state index contributed by atoms with van der Waals surface area (Å²) >= 11 is 0. The van der Waals surface area contributed by atoms with Gasteiger partial charge >= 0.3 is 0 Å². The molecule has 0 saturated heterocycles. The molecule has 3 rings (SSSR count). The lowest BCUT2D eigenvalue weighted by molar-refractivity contribution is -0.120. The minimum absolute atomic E-state index is 0.0260. The van der Waals surface area contributed by atoms with Crippen molar-refractivity contribution in [3.63, 3.8) is 0 Å². The fourth-order valence-corrected chi connectivity index (χ4v) is 3.26. The number of nitrogens with one attached hydrogen (secondary N) is 1. The summed E-state index contributed by atoms with van der Waals surface area (Å²) in [5, 5.41) is 7.67. The van der Waals surface area contributed by atoms with Crippen LogP contribution >= 0.6 is 0 Å². The topological polar surface area (TPSA) is 65.4 Å². The summed E-state index contributed by atoms with van der Waals surface area (Å²) in [5.74, 6) is 2.18. The molecule has 0 saturated carbocycles. The molecule has 2 aromatic carbocycles. The van der Waals surface area contributed by atoms with E-state index in [1.165, 1.54) is 0 Å². The number of carbonyl (C=O) groups is 1. The average molecular weight is 408 g/mol. The van der Waals surface area contributed by atoms with Crippen molar-refractivity contribution in [2.24, 2.45) is 0 Å². The van der Waals surface area contributed by atoms with E-state index in [2.05, 4.69) is 12.2 Å². The molecule has 1 amide bonds. The van der Waals surface area contributed by atoms with E-state index >= 15 is 0 Å². The van der Waals surface area contributed by atoms with Gasteiger partial charge in [0.2, 0.25) is 11.8 Å². The molecular weight excluding hydrogens is 378 g/mol. The third kappa shape index (κ3) is 5.00. The van der Waals surface area contributed by atoms with Gasteiger partial charge < -0.3 is 14.8 Å². The van der Waals surface area contributed by atoms with Crippen molar-refractivity contribution in [3.8, 4) is 23.1 Å². The molecule has 1 aromatic heterocycles. The van der Waals surface area contributed by atoms with Crippen LogP contribution in [0.1, 0.15) is 37.1 Å². The summed E-state index contributed by atoms with van der Waals surface area (Å²) in [4.78, 5) is 12.1. The lowest BCUT2D eigenvalue weighted by Crippen LogP contribution is -2.22. The Hall–Kier alpha value is -3.28. The van der Waals surface area contributed by atoms with Crippen molar-refractivity contribution < 1.29 is 14.3 Å². The molecule has 6 nitrogen and oxygen atoms in total. The van der Waals surface area contributed by atoms with Gasteiger partial charge in [0.1, 0.15) is 11.5 Å². The number of aryl methyl sites for hydroxylation is 2. The molecule has 0 spiro atoms.